The van der Waals surface area contributed by atoms with Gasteiger partial charge in [0.1, 0.15) is 5.75 Å². The number of alkyl halides is 3. The van der Waals surface area contributed by atoms with Crippen molar-refractivity contribution in [2.24, 2.45) is 5.92 Å². The molecule has 0 radical (unpaired) electrons. The molecular weight excluding hydrogens is 301 g/mol. The first kappa shape index (κ1) is 18.2. The van der Waals surface area contributed by atoms with Gasteiger partial charge in [-0.2, -0.15) is 0 Å². The summed E-state index contributed by atoms with van der Waals surface area (Å²) in [4.78, 5) is 0. The van der Waals surface area contributed by atoms with E-state index in [4.69, 9.17) is 0 Å². The second kappa shape index (κ2) is 8.60. The van der Waals surface area contributed by atoms with Gasteiger partial charge >= 0.3 is 6.36 Å². The molecule has 1 nitrogen and oxygen atoms in total. The van der Waals surface area contributed by atoms with Gasteiger partial charge in [0.15, 0.2) is 0 Å². The van der Waals surface area contributed by atoms with Crippen LogP contribution in [0.1, 0.15) is 76.2 Å². The summed E-state index contributed by atoms with van der Waals surface area (Å²) in [6, 6.07) is 6.43. The molecule has 1 aliphatic carbocycles. The molecule has 1 fully saturated rings. The molecule has 0 aliphatic heterocycles. The van der Waals surface area contributed by atoms with Crippen LogP contribution in [0, 0.1) is 5.92 Å². The fraction of sp³-hybridized carbons (Fsp3) is 0.684. The van der Waals surface area contributed by atoms with E-state index in [0.717, 1.165) is 24.3 Å². The zero-order valence-electron chi connectivity index (χ0n) is 13.9. The predicted octanol–water partition coefficient (Wildman–Crippen LogP) is 6.83. The Morgan fingerprint density at radius 2 is 1.61 bits per heavy atom. The molecule has 0 unspecified atom stereocenters. The van der Waals surface area contributed by atoms with Crippen LogP contribution in [0.3, 0.4) is 0 Å². The van der Waals surface area contributed by atoms with Crippen LogP contribution in [-0.2, 0) is 0 Å². The average molecular weight is 328 g/mol. The van der Waals surface area contributed by atoms with Crippen molar-refractivity contribution in [3.63, 3.8) is 0 Å². The van der Waals surface area contributed by atoms with E-state index < -0.39 is 6.36 Å². The summed E-state index contributed by atoms with van der Waals surface area (Å²) in [5.74, 6) is 1.20. The van der Waals surface area contributed by atoms with Gasteiger partial charge in [-0.15, -0.1) is 13.2 Å². The summed E-state index contributed by atoms with van der Waals surface area (Å²) >= 11 is 0. The second-order valence-electron chi connectivity index (χ2n) is 6.68. The van der Waals surface area contributed by atoms with Gasteiger partial charge in [0, 0.05) is 0 Å². The third-order valence-electron chi connectivity index (χ3n) is 4.90. The summed E-state index contributed by atoms with van der Waals surface area (Å²) < 4.78 is 40.4. The van der Waals surface area contributed by atoms with Gasteiger partial charge in [0.25, 0.3) is 0 Å². The maximum atomic E-state index is 12.2. The van der Waals surface area contributed by atoms with Crippen molar-refractivity contribution in [3.05, 3.63) is 29.8 Å². The van der Waals surface area contributed by atoms with Crippen LogP contribution in [0.5, 0.6) is 5.75 Å². The molecule has 1 aromatic rings. The van der Waals surface area contributed by atoms with Crippen LogP contribution < -0.4 is 4.74 Å². The third-order valence-corrected chi connectivity index (χ3v) is 4.90. The topological polar surface area (TPSA) is 9.23 Å². The number of unbranched alkanes of at least 4 members (excludes halogenated alkanes) is 3. The smallest absolute Gasteiger partial charge is 0.406 e. The van der Waals surface area contributed by atoms with Gasteiger partial charge in [-0.05, 0) is 55.2 Å². The van der Waals surface area contributed by atoms with Crippen molar-refractivity contribution >= 4 is 0 Å². The van der Waals surface area contributed by atoms with Crippen LogP contribution in [-0.4, -0.2) is 6.36 Å². The van der Waals surface area contributed by atoms with Crippen LogP contribution in [0.15, 0.2) is 24.3 Å². The van der Waals surface area contributed by atoms with Crippen molar-refractivity contribution in [2.75, 3.05) is 0 Å². The summed E-state index contributed by atoms with van der Waals surface area (Å²) in [7, 11) is 0. The molecule has 0 N–H and O–H groups in total. The number of hydrogen-bond donors (Lipinski definition) is 0. The summed E-state index contributed by atoms with van der Waals surface area (Å²) in [5.41, 5.74) is 1.14. The number of hydrogen-bond acceptors (Lipinski definition) is 1. The zero-order valence-corrected chi connectivity index (χ0v) is 13.9. The zero-order chi connectivity index (χ0) is 16.7. The van der Waals surface area contributed by atoms with Gasteiger partial charge < -0.3 is 4.74 Å². The highest BCUT2D eigenvalue weighted by molar-refractivity contribution is 5.29. The molecular formula is C19H27F3O. The molecule has 23 heavy (non-hydrogen) atoms. The highest BCUT2D eigenvalue weighted by Gasteiger charge is 2.31. The molecule has 2 rings (SSSR count). The monoisotopic (exact) mass is 328 g/mol. The van der Waals surface area contributed by atoms with Crippen LogP contribution >= 0.6 is 0 Å². The molecule has 4 heteroatoms. The van der Waals surface area contributed by atoms with Crippen LogP contribution in [0.25, 0.3) is 0 Å². The van der Waals surface area contributed by atoms with Gasteiger partial charge in [-0.1, -0.05) is 51.2 Å². The molecule has 0 aromatic heterocycles. The number of halogens is 3. The van der Waals surface area contributed by atoms with E-state index in [9.17, 15) is 13.2 Å². The normalized spacial score (nSPS) is 22.1. The number of rotatable bonds is 7. The largest absolute Gasteiger partial charge is 0.573 e. The SMILES string of the molecule is CCCCCCC1CCC(c2ccc(OC(F)(F)F)cc2)CC1. The summed E-state index contributed by atoms with van der Waals surface area (Å²) in [5, 5.41) is 0. The maximum Gasteiger partial charge on any atom is 0.573 e. The average Bonchev–Trinajstić information content (AvgIpc) is 2.52. The Hall–Kier alpha value is -1.19. The highest BCUT2D eigenvalue weighted by Crippen LogP contribution is 2.38. The Bertz CT molecular complexity index is 445. The quantitative estimate of drug-likeness (QED) is 0.498. The minimum Gasteiger partial charge on any atom is -0.406 e. The molecule has 0 spiro atoms. The Kier molecular flexibility index (Phi) is 6.79. The third kappa shape index (κ3) is 6.44. The molecule has 1 aromatic carbocycles. The number of ether oxygens (including phenoxy) is 1. The first-order chi connectivity index (χ1) is 11.0. The lowest BCUT2D eigenvalue weighted by atomic mass is 9.77. The molecule has 130 valence electrons. The lowest BCUT2D eigenvalue weighted by Crippen LogP contribution is -2.17. The molecule has 0 heterocycles. The molecule has 1 aliphatic rings. The van der Waals surface area contributed by atoms with Crippen molar-refractivity contribution in [1.29, 1.82) is 0 Å². The van der Waals surface area contributed by atoms with Gasteiger partial charge in [-0.3, -0.25) is 0 Å². The predicted molar refractivity (Wildman–Crippen MR) is 86.6 cm³/mol. The van der Waals surface area contributed by atoms with Crippen molar-refractivity contribution in [3.8, 4) is 5.75 Å². The minimum atomic E-state index is -4.61. The van der Waals surface area contributed by atoms with Crippen LogP contribution in [0.2, 0.25) is 0 Å². The highest BCUT2D eigenvalue weighted by atomic mass is 19.4. The fourth-order valence-electron chi connectivity index (χ4n) is 3.59. The van der Waals surface area contributed by atoms with E-state index in [-0.39, 0.29) is 5.75 Å². The molecule has 0 saturated heterocycles. The molecule has 0 bridgehead atoms. The fourth-order valence-corrected chi connectivity index (χ4v) is 3.59. The van der Waals surface area contributed by atoms with Crippen molar-refractivity contribution < 1.29 is 17.9 Å². The second-order valence-corrected chi connectivity index (χ2v) is 6.68. The maximum absolute atomic E-state index is 12.2. The lowest BCUT2D eigenvalue weighted by molar-refractivity contribution is -0.274. The molecule has 0 amide bonds. The summed E-state index contributed by atoms with van der Waals surface area (Å²) in [6.07, 6.45) is 6.82. The van der Waals surface area contributed by atoms with Gasteiger partial charge in [-0.25, -0.2) is 0 Å². The van der Waals surface area contributed by atoms with E-state index in [2.05, 4.69) is 11.7 Å². The minimum absolute atomic E-state index is 0.133. The Morgan fingerprint density at radius 3 is 2.17 bits per heavy atom. The first-order valence-corrected chi connectivity index (χ1v) is 8.83. The lowest BCUT2D eigenvalue weighted by Gasteiger charge is -2.29. The van der Waals surface area contributed by atoms with E-state index in [1.807, 2.05) is 0 Å². The molecule has 0 atom stereocenters. The van der Waals surface area contributed by atoms with Gasteiger partial charge in [0.2, 0.25) is 0 Å². The summed E-state index contributed by atoms with van der Waals surface area (Å²) in [6.45, 7) is 2.23. The van der Waals surface area contributed by atoms with E-state index in [1.54, 1.807) is 12.1 Å². The van der Waals surface area contributed by atoms with Crippen molar-refractivity contribution in [2.45, 2.75) is 77.0 Å². The first-order valence-electron chi connectivity index (χ1n) is 8.83. The van der Waals surface area contributed by atoms with Crippen LogP contribution in [0.4, 0.5) is 13.2 Å². The Balaban J connectivity index is 1.76. The Morgan fingerprint density at radius 1 is 0.957 bits per heavy atom. The molecule has 1 saturated carbocycles. The Labute approximate surface area is 137 Å². The van der Waals surface area contributed by atoms with Crippen molar-refractivity contribution in [1.82, 2.24) is 0 Å². The van der Waals surface area contributed by atoms with E-state index >= 15 is 0 Å². The van der Waals surface area contributed by atoms with E-state index in [1.165, 1.54) is 57.1 Å². The standard InChI is InChI=1S/C19H27F3O/c1-2-3-4-5-6-15-7-9-16(10-8-15)17-11-13-18(14-12-17)23-19(20,21)22/h11-16H,2-10H2,1H3. The number of benzene rings is 1. The van der Waals surface area contributed by atoms with E-state index in [0.29, 0.717) is 5.92 Å². The van der Waals surface area contributed by atoms with Gasteiger partial charge in [0.05, 0.1) is 0 Å².